The number of aromatic nitrogens is 1. The Kier molecular flexibility index (Phi) is 3.05. The maximum Gasteiger partial charge on any atom is 0.119 e. The third-order valence-electron chi connectivity index (χ3n) is 2.36. The average molecular weight is 214 g/mol. The largest absolute Gasteiger partial charge is 0.489 e. The van der Waals surface area contributed by atoms with Crippen LogP contribution in [0.15, 0.2) is 42.7 Å². The lowest BCUT2D eigenvalue weighted by molar-refractivity contribution is 0.306. The number of nitrogens with zero attached hydrogens (tertiary/aromatic N) is 1. The molecule has 1 aromatic heterocycles. The van der Waals surface area contributed by atoms with Crippen molar-refractivity contribution in [3.63, 3.8) is 0 Å². The van der Waals surface area contributed by atoms with E-state index in [4.69, 9.17) is 10.5 Å². The zero-order chi connectivity index (χ0) is 11.4. The number of pyridine rings is 1. The first-order chi connectivity index (χ1) is 7.75. The topological polar surface area (TPSA) is 48.1 Å². The van der Waals surface area contributed by atoms with Crippen LogP contribution < -0.4 is 10.5 Å². The van der Waals surface area contributed by atoms with E-state index in [2.05, 4.69) is 4.98 Å². The number of hydrogen-bond donors (Lipinski definition) is 1. The summed E-state index contributed by atoms with van der Waals surface area (Å²) in [6, 6.07) is 9.70. The molecule has 0 fully saturated rings. The van der Waals surface area contributed by atoms with Crippen molar-refractivity contribution < 1.29 is 4.74 Å². The lowest BCUT2D eigenvalue weighted by Crippen LogP contribution is -2.00. The molecule has 0 aliphatic carbocycles. The molecule has 0 atom stereocenters. The molecule has 82 valence electrons. The van der Waals surface area contributed by atoms with Gasteiger partial charge in [-0.15, -0.1) is 0 Å². The van der Waals surface area contributed by atoms with Crippen LogP contribution >= 0.6 is 0 Å². The molecule has 0 bridgehead atoms. The van der Waals surface area contributed by atoms with E-state index in [1.165, 1.54) is 5.56 Å². The Hall–Kier alpha value is -2.03. The van der Waals surface area contributed by atoms with Gasteiger partial charge in [-0.2, -0.15) is 0 Å². The Balaban J connectivity index is 2.02. The fraction of sp³-hybridized carbons (Fsp3) is 0.154. The molecule has 0 aliphatic rings. The summed E-state index contributed by atoms with van der Waals surface area (Å²) >= 11 is 0. The van der Waals surface area contributed by atoms with Crippen LogP contribution in [0.1, 0.15) is 11.1 Å². The molecule has 1 heterocycles. The summed E-state index contributed by atoms with van der Waals surface area (Å²) in [4.78, 5) is 4.01. The van der Waals surface area contributed by atoms with Crippen LogP contribution in [0.3, 0.4) is 0 Å². The lowest BCUT2D eigenvalue weighted by Gasteiger charge is -2.07. The molecule has 16 heavy (non-hydrogen) atoms. The van der Waals surface area contributed by atoms with Gasteiger partial charge in [0.15, 0.2) is 0 Å². The predicted octanol–water partition coefficient (Wildman–Crippen LogP) is 2.55. The Bertz CT molecular complexity index is 466. The van der Waals surface area contributed by atoms with Crippen molar-refractivity contribution in [2.45, 2.75) is 13.5 Å². The number of aryl methyl sites for hydroxylation is 1. The molecule has 0 saturated carbocycles. The van der Waals surface area contributed by atoms with E-state index in [0.29, 0.717) is 12.3 Å². The molecule has 1 aromatic carbocycles. The smallest absolute Gasteiger partial charge is 0.119 e. The van der Waals surface area contributed by atoms with Crippen LogP contribution in [0.4, 0.5) is 5.69 Å². The summed E-state index contributed by atoms with van der Waals surface area (Å²) in [5.74, 6) is 0.842. The minimum atomic E-state index is 0.447. The first-order valence-electron chi connectivity index (χ1n) is 5.13. The molecule has 0 amide bonds. The SMILES string of the molecule is Cc1ccc(OCc2cnccc2N)cc1. The highest BCUT2D eigenvalue weighted by atomic mass is 16.5. The average Bonchev–Trinajstić information content (AvgIpc) is 2.30. The van der Waals surface area contributed by atoms with E-state index in [-0.39, 0.29) is 0 Å². The standard InChI is InChI=1S/C13H14N2O/c1-10-2-4-12(5-3-10)16-9-11-8-15-7-6-13(11)14/h2-8H,9H2,1H3,(H2,14,15). The molecule has 0 spiro atoms. The van der Waals surface area contributed by atoms with Crippen LogP contribution in [-0.4, -0.2) is 4.98 Å². The Morgan fingerprint density at radius 2 is 1.94 bits per heavy atom. The quantitative estimate of drug-likeness (QED) is 0.854. The van der Waals surface area contributed by atoms with Crippen LogP contribution in [0.25, 0.3) is 0 Å². The van der Waals surface area contributed by atoms with Crippen LogP contribution in [0.2, 0.25) is 0 Å². The lowest BCUT2D eigenvalue weighted by atomic mass is 10.2. The Labute approximate surface area is 94.9 Å². The summed E-state index contributed by atoms with van der Waals surface area (Å²) in [6.07, 6.45) is 3.40. The third-order valence-corrected chi connectivity index (χ3v) is 2.36. The number of benzene rings is 1. The van der Waals surface area contributed by atoms with Crippen LogP contribution in [0, 0.1) is 6.92 Å². The van der Waals surface area contributed by atoms with Crippen molar-refractivity contribution in [3.05, 3.63) is 53.9 Å². The fourth-order valence-electron chi connectivity index (χ4n) is 1.35. The first-order valence-corrected chi connectivity index (χ1v) is 5.13. The number of rotatable bonds is 3. The summed E-state index contributed by atoms with van der Waals surface area (Å²) in [6.45, 7) is 2.49. The van der Waals surface area contributed by atoms with Gasteiger partial charge in [0.25, 0.3) is 0 Å². The number of anilines is 1. The zero-order valence-electron chi connectivity index (χ0n) is 9.18. The van der Waals surface area contributed by atoms with Gasteiger partial charge < -0.3 is 10.5 Å². The molecular formula is C13H14N2O. The van der Waals surface area contributed by atoms with Crippen molar-refractivity contribution in [1.82, 2.24) is 4.98 Å². The van der Waals surface area contributed by atoms with Gasteiger partial charge in [-0.05, 0) is 25.1 Å². The van der Waals surface area contributed by atoms with Crippen molar-refractivity contribution in [2.24, 2.45) is 0 Å². The minimum absolute atomic E-state index is 0.447. The highest BCUT2D eigenvalue weighted by Gasteiger charge is 1.99. The number of nitrogens with two attached hydrogens (primary N) is 1. The Morgan fingerprint density at radius 1 is 1.19 bits per heavy atom. The molecule has 0 saturated heterocycles. The molecule has 0 radical (unpaired) electrons. The van der Waals surface area contributed by atoms with Gasteiger partial charge >= 0.3 is 0 Å². The summed E-state index contributed by atoms with van der Waals surface area (Å²) in [5, 5.41) is 0. The van der Waals surface area contributed by atoms with E-state index >= 15 is 0 Å². The van der Waals surface area contributed by atoms with Crippen molar-refractivity contribution in [2.75, 3.05) is 5.73 Å². The van der Waals surface area contributed by atoms with E-state index < -0.39 is 0 Å². The van der Waals surface area contributed by atoms with Crippen LogP contribution in [-0.2, 0) is 6.61 Å². The fourth-order valence-corrected chi connectivity index (χ4v) is 1.35. The van der Waals surface area contributed by atoms with E-state index in [1.807, 2.05) is 31.2 Å². The van der Waals surface area contributed by atoms with Gasteiger partial charge in [0.1, 0.15) is 12.4 Å². The van der Waals surface area contributed by atoms with Gasteiger partial charge in [0.2, 0.25) is 0 Å². The molecule has 2 rings (SSSR count). The summed E-state index contributed by atoms with van der Waals surface area (Å²) in [5.41, 5.74) is 8.62. The predicted molar refractivity (Wildman–Crippen MR) is 64.2 cm³/mol. The maximum absolute atomic E-state index is 5.79. The third kappa shape index (κ3) is 2.51. The minimum Gasteiger partial charge on any atom is -0.489 e. The second-order valence-electron chi connectivity index (χ2n) is 3.68. The Morgan fingerprint density at radius 3 is 2.62 bits per heavy atom. The van der Waals surface area contributed by atoms with Gasteiger partial charge in [-0.25, -0.2) is 0 Å². The zero-order valence-corrected chi connectivity index (χ0v) is 9.18. The van der Waals surface area contributed by atoms with Crippen molar-refractivity contribution >= 4 is 5.69 Å². The molecule has 0 aliphatic heterocycles. The van der Waals surface area contributed by atoms with Gasteiger partial charge in [-0.1, -0.05) is 17.7 Å². The van der Waals surface area contributed by atoms with Gasteiger partial charge in [0, 0.05) is 23.6 Å². The van der Waals surface area contributed by atoms with Crippen molar-refractivity contribution in [3.8, 4) is 5.75 Å². The van der Waals surface area contributed by atoms with E-state index in [9.17, 15) is 0 Å². The molecule has 3 heteroatoms. The number of nitrogen functional groups attached to an aromatic ring is 1. The van der Waals surface area contributed by atoms with E-state index in [1.54, 1.807) is 18.5 Å². The molecule has 2 N–H and O–H groups in total. The second-order valence-corrected chi connectivity index (χ2v) is 3.68. The van der Waals surface area contributed by atoms with E-state index in [0.717, 1.165) is 11.3 Å². The maximum atomic E-state index is 5.79. The normalized spacial score (nSPS) is 10.1. The van der Waals surface area contributed by atoms with Gasteiger partial charge in [0.05, 0.1) is 0 Å². The molecule has 2 aromatic rings. The summed E-state index contributed by atoms with van der Waals surface area (Å²) in [7, 11) is 0. The molecule has 0 unspecified atom stereocenters. The van der Waals surface area contributed by atoms with Gasteiger partial charge in [-0.3, -0.25) is 4.98 Å². The number of ether oxygens (including phenoxy) is 1. The second kappa shape index (κ2) is 4.66. The molecule has 3 nitrogen and oxygen atoms in total. The van der Waals surface area contributed by atoms with Crippen molar-refractivity contribution in [1.29, 1.82) is 0 Å². The summed E-state index contributed by atoms with van der Waals surface area (Å²) < 4.78 is 5.61. The van der Waals surface area contributed by atoms with Crippen LogP contribution in [0.5, 0.6) is 5.75 Å². The molecular weight excluding hydrogens is 200 g/mol. The monoisotopic (exact) mass is 214 g/mol. The highest BCUT2D eigenvalue weighted by molar-refractivity contribution is 5.44. The highest BCUT2D eigenvalue weighted by Crippen LogP contribution is 2.15. The first kappa shape index (κ1) is 10.5. The number of hydrogen-bond acceptors (Lipinski definition) is 3.